The number of ether oxygens (including phenoxy) is 1. The van der Waals surface area contributed by atoms with Gasteiger partial charge in [-0.25, -0.2) is 4.98 Å². The van der Waals surface area contributed by atoms with Crippen LogP contribution in [0.25, 0.3) is 16.6 Å². The van der Waals surface area contributed by atoms with Gasteiger partial charge in [0, 0.05) is 30.7 Å². The van der Waals surface area contributed by atoms with Gasteiger partial charge in [-0.1, -0.05) is 15.9 Å². The molecule has 0 bridgehead atoms. The molecule has 2 aromatic carbocycles. The largest absolute Gasteiger partial charge is 0.433 e. The molecule has 3 aromatic rings. The number of amides is 1. The number of halogens is 3. The Morgan fingerprint density at radius 2 is 1.94 bits per heavy atom. The molecule has 0 unspecified atom stereocenters. The second-order valence-electron chi connectivity index (χ2n) is 8.36. The van der Waals surface area contributed by atoms with Gasteiger partial charge < -0.3 is 15.4 Å². The van der Waals surface area contributed by atoms with Crippen LogP contribution < -0.4 is 20.9 Å². The van der Waals surface area contributed by atoms with Gasteiger partial charge in [-0.15, -0.1) is 0 Å². The normalized spacial score (nSPS) is 17.6. The number of fused-ring (bicyclic) bond motifs is 1. The summed E-state index contributed by atoms with van der Waals surface area (Å²) in [5.74, 6) is -0.437. The minimum absolute atomic E-state index is 0.0759. The zero-order valence-electron chi connectivity index (χ0n) is 18.1. The third-order valence-electron chi connectivity index (χ3n) is 6.30. The molecule has 1 aliphatic carbocycles. The first-order valence-electron chi connectivity index (χ1n) is 10.9. The molecule has 0 radical (unpaired) electrons. The number of carbonyl (C=O) groups is 1. The summed E-state index contributed by atoms with van der Waals surface area (Å²) < 4.78 is 32.9. The predicted molar refractivity (Wildman–Crippen MR) is 127 cm³/mol. The van der Waals surface area contributed by atoms with Crippen LogP contribution >= 0.6 is 15.9 Å². The molecule has 8 nitrogen and oxygen atoms in total. The van der Waals surface area contributed by atoms with E-state index in [0.29, 0.717) is 29.4 Å². The van der Waals surface area contributed by atoms with Crippen molar-refractivity contribution in [1.29, 1.82) is 0 Å². The highest BCUT2D eigenvalue weighted by molar-refractivity contribution is 9.10. The minimum Gasteiger partial charge on any atom is -0.433 e. The number of rotatable bonds is 6. The summed E-state index contributed by atoms with van der Waals surface area (Å²) in [6.45, 7) is -0.00478. The Balaban J connectivity index is 1.50. The maximum atomic E-state index is 13.3. The van der Waals surface area contributed by atoms with E-state index in [1.54, 1.807) is 18.2 Å². The van der Waals surface area contributed by atoms with Gasteiger partial charge in [0.15, 0.2) is 0 Å². The Morgan fingerprint density at radius 3 is 2.65 bits per heavy atom. The lowest BCUT2D eigenvalue weighted by atomic mass is 10.1. The average Bonchev–Trinajstić information content (AvgIpc) is 3.63. The quantitative estimate of drug-likeness (QED) is 0.506. The number of nitrogens with one attached hydrogen (secondary N) is 2. The molecule has 2 heterocycles. The lowest BCUT2D eigenvalue weighted by Crippen LogP contribution is -2.54. The first kappa shape index (κ1) is 22.9. The molecule has 1 amide bonds. The van der Waals surface area contributed by atoms with Crippen LogP contribution in [0.15, 0.2) is 52.0 Å². The van der Waals surface area contributed by atoms with Crippen molar-refractivity contribution in [3.05, 3.63) is 57.6 Å². The SMILES string of the molecule is O=C(Nc1cc(-n2cnc3cc(Br)ccc3c2=O)ccc1OC(F)F)C1(N2CCNCC2)CC1. The van der Waals surface area contributed by atoms with Gasteiger partial charge in [-0.3, -0.25) is 19.1 Å². The minimum atomic E-state index is -3.06. The van der Waals surface area contributed by atoms with Crippen LogP contribution in [-0.4, -0.2) is 58.7 Å². The van der Waals surface area contributed by atoms with E-state index in [2.05, 4.69) is 41.2 Å². The van der Waals surface area contributed by atoms with Crippen molar-refractivity contribution in [3.8, 4) is 11.4 Å². The summed E-state index contributed by atoms with van der Waals surface area (Å²) in [7, 11) is 0. The lowest BCUT2D eigenvalue weighted by molar-refractivity contribution is -0.123. The van der Waals surface area contributed by atoms with Gasteiger partial charge in [0.25, 0.3) is 5.56 Å². The number of alkyl halides is 2. The molecule has 0 spiro atoms. The molecule has 2 fully saturated rings. The standard InChI is InChI=1S/C23H22BrF2N5O3/c24-14-1-3-16-17(11-14)28-13-31(20(16)32)15-2-4-19(34-22(25)26)18(12-15)29-21(33)23(5-6-23)30-9-7-27-8-10-30/h1-4,11-13,22,27H,5-10H2,(H,29,33). The zero-order valence-corrected chi connectivity index (χ0v) is 19.6. The Morgan fingerprint density at radius 1 is 1.18 bits per heavy atom. The highest BCUT2D eigenvalue weighted by atomic mass is 79.9. The highest BCUT2D eigenvalue weighted by Crippen LogP contribution is 2.43. The van der Waals surface area contributed by atoms with Gasteiger partial charge in [0.05, 0.1) is 22.3 Å². The summed E-state index contributed by atoms with van der Waals surface area (Å²) in [5, 5.41) is 6.45. The van der Waals surface area contributed by atoms with E-state index in [-0.39, 0.29) is 22.9 Å². The van der Waals surface area contributed by atoms with Crippen LogP contribution in [-0.2, 0) is 4.79 Å². The van der Waals surface area contributed by atoms with Crippen molar-refractivity contribution in [1.82, 2.24) is 19.8 Å². The van der Waals surface area contributed by atoms with Crippen LogP contribution in [0.4, 0.5) is 14.5 Å². The lowest BCUT2D eigenvalue weighted by Gasteiger charge is -2.34. The van der Waals surface area contributed by atoms with E-state index in [9.17, 15) is 18.4 Å². The fourth-order valence-corrected chi connectivity index (χ4v) is 4.73. The van der Waals surface area contributed by atoms with Crippen LogP contribution in [0.1, 0.15) is 12.8 Å². The summed E-state index contributed by atoms with van der Waals surface area (Å²) in [5.41, 5.74) is -0.00174. The molecule has 1 saturated heterocycles. The van der Waals surface area contributed by atoms with E-state index < -0.39 is 12.2 Å². The topological polar surface area (TPSA) is 88.5 Å². The molecule has 2 N–H and O–H groups in total. The molecule has 2 aliphatic rings. The Kier molecular flexibility index (Phi) is 6.09. The highest BCUT2D eigenvalue weighted by Gasteiger charge is 2.54. The number of aromatic nitrogens is 2. The maximum Gasteiger partial charge on any atom is 0.387 e. The molecule has 0 atom stereocenters. The molecule has 1 saturated carbocycles. The van der Waals surface area contributed by atoms with Gasteiger partial charge in [0.2, 0.25) is 5.91 Å². The Labute approximate surface area is 202 Å². The van der Waals surface area contributed by atoms with Crippen LogP contribution in [0.3, 0.4) is 0 Å². The van der Waals surface area contributed by atoms with Crippen LogP contribution in [0.5, 0.6) is 5.75 Å². The number of nitrogens with zero attached hydrogens (tertiary/aromatic N) is 3. The number of hydrogen-bond donors (Lipinski definition) is 2. The third kappa shape index (κ3) is 4.30. The fraction of sp³-hybridized carbons (Fsp3) is 0.348. The van der Waals surface area contributed by atoms with Crippen molar-refractivity contribution in [2.75, 3.05) is 31.5 Å². The van der Waals surface area contributed by atoms with Crippen LogP contribution in [0, 0.1) is 0 Å². The van der Waals surface area contributed by atoms with Gasteiger partial charge in [-0.2, -0.15) is 8.78 Å². The summed E-state index contributed by atoms with van der Waals surface area (Å²) in [4.78, 5) is 32.8. The average molecular weight is 534 g/mol. The monoisotopic (exact) mass is 533 g/mol. The van der Waals surface area contributed by atoms with E-state index in [0.717, 1.165) is 30.7 Å². The van der Waals surface area contributed by atoms with Crippen molar-refractivity contribution in [2.45, 2.75) is 25.0 Å². The number of anilines is 1. The van der Waals surface area contributed by atoms with E-state index in [1.165, 1.54) is 29.1 Å². The molecule has 34 heavy (non-hydrogen) atoms. The van der Waals surface area contributed by atoms with E-state index in [1.807, 2.05) is 0 Å². The summed E-state index contributed by atoms with van der Waals surface area (Å²) >= 11 is 3.36. The van der Waals surface area contributed by atoms with Crippen molar-refractivity contribution in [2.24, 2.45) is 0 Å². The smallest absolute Gasteiger partial charge is 0.387 e. The van der Waals surface area contributed by atoms with Crippen molar-refractivity contribution in [3.63, 3.8) is 0 Å². The zero-order chi connectivity index (χ0) is 23.9. The molecular formula is C23H22BrF2N5O3. The Hall–Kier alpha value is -2.89. The summed E-state index contributed by atoms with van der Waals surface area (Å²) in [6, 6.07) is 9.39. The van der Waals surface area contributed by atoms with Crippen molar-refractivity contribution < 1.29 is 18.3 Å². The summed E-state index contributed by atoms with van der Waals surface area (Å²) in [6.07, 6.45) is 2.77. The number of benzene rings is 2. The molecule has 5 rings (SSSR count). The van der Waals surface area contributed by atoms with Gasteiger partial charge in [0.1, 0.15) is 17.6 Å². The number of piperazine rings is 1. The maximum absolute atomic E-state index is 13.3. The van der Waals surface area contributed by atoms with E-state index >= 15 is 0 Å². The molecule has 1 aromatic heterocycles. The molecule has 1 aliphatic heterocycles. The molecule has 178 valence electrons. The number of hydrogen-bond acceptors (Lipinski definition) is 6. The molecular weight excluding hydrogens is 512 g/mol. The predicted octanol–water partition coefficient (Wildman–Crippen LogP) is 3.13. The Bertz CT molecular complexity index is 1310. The molecule has 11 heteroatoms. The third-order valence-corrected chi connectivity index (χ3v) is 6.79. The van der Waals surface area contributed by atoms with Crippen LogP contribution in [0.2, 0.25) is 0 Å². The first-order valence-corrected chi connectivity index (χ1v) is 11.7. The van der Waals surface area contributed by atoms with Crippen molar-refractivity contribution >= 4 is 38.4 Å². The van der Waals surface area contributed by atoms with E-state index in [4.69, 9.17) is 0 Å². The second-order valence-corrected chi connectivity index (χ2v) is 9.28. The van der Waals surface area contributed by atoms with Gasteiger partial charge in [-0.05, 0) is 49.2 Å². The number of carbonyl (C=O) groups excluding carboxylic acids is 1. The first-order chi connectivity index (χ1) is 16.4. The van der Waals surface area contributed by atoms with Gasteiger partial charge >= 0.3 is 6.61 Å². The second kappa shape index (κ2) is 9.05. The fourth-order valence-electron chi connectivity index (χ4n) is 4.38.